The summed E-state index contributed by atoms with van der Waals surface area (Å²) in [7, 11) is 3.12. The summed E-state index contributed by atoms with van der Waals surface area (Å²) in [6, 6.07) is -0.420. The van der Waals surface area contributed by atoms with E-state index in [0.29, 0.717) is 12.1 Å². The zero-order valence-corrected chi connectivity index (χ0v) is 9.69. The molecule has 90 valence electrons. The maximum absolute atomic E-state index is 11.3. The Hall–Kier alpha value is -1.40. The van der Waals surface area contributed by atoms with Crippen molar-refractivity contribution >= 4 is 11.9 Å². The molecule has 1 amide bonds. The maximum Gasteiger partial charge on any atom is 0.334 e. The second-order valence-electron chi connectivity index (χ2n) is 3.82. The molecule has 0 aromatic carbocycles. The topological polar surface area (TPSA) is 84.7 Å². The molecule has 0 saturated carbocycles. The Kier molecular flexibility index (Phi) is 4.03. The Morgan fingerprint density at radius 2 is 2.25 bits per heavy atom. The first-order chi connectivity index (χ1) is 7.45. The minimum atomic E-state index is -0.420. The molecule has 0 bridgehead atoms. The lowest BCUT2D eigenvalue weighted by Gasteiger charge is -2.35. The summed E-state index contributed by atoms with van der Waals surface area (Å²) < 4.78 is 4.63. The molecule has 16 heavy (non-hydrogen) atoms. The second-order valence-corrected chi connectivity index (χ2v) is 3.82. The van der Waals surface area contributed by atoms with E-state index >= 15 is 0 Å². The fraction of sp³-hybridized carbons (Fsp3) is 0.600. The van der Waals surface area contributed by atoms with E-state index in [9.17, 15) is 9.59 Å². The van der Waals surface area contributed by atoms with Gasteiger partial charge in [0.25, 0.3) is 0 Å². The van der Waals surface area contributed by atoms with E-state index in [-0.39, 0.29) is 18.0 Å². The number of nitrogens with one attached hydrogen (secondary N) is 1. The molecule has 0 spiro atoms. The molecule has 0 fully saturated rings. The predicted octanol–water partition coefficient (Wildman–Crippen LogP) is -1.18. The summed E-state index contributed by atoms with van der Waals surface area (Å²) in [4.78, 5) is 24.1. The van der Waals surface area contributed by atoms with Gasteiger partial charge in [0.15, 0.2) is 0 Å². The van der Waals surface area contributed by atoms with Crippen LogP contribution in [0.4, 0.5) is 0 Å². The number of nitrogens with two attached hydrogens (primary N) is 1. The minimum absolute atomic E-state index is 0.151. The third kappa shape index (κ3) is 2.80. The van der Waals surface area contributed by atoms with Gasteiger partial charge in [0, 0.05) is 19.0 Å². The van der Waals surface area contributed by atoms with Crippen LogP contribution in [0.1, 0.15) is 6.92 Å². The number of ether oxygens (including phenoxy) is 1. The van der Waals surface area contributed by atoms with Gasteiger partial charge in [-0.1, -0.05) is 6.08 Å². The van der Waals surface area contributed by atoms with Crippen molar-refractivity contribution in [1.29, 1.82) is 0 Å². The van der Waals surface area contributed by atoms with Crippen LogP contribution >= 0.6 is 0 Å². The molecule has 3 N–H and O–H groups in total. The predicted molar refractivity (Wildman–Crippen MR) is 58.3 cm³/mol. The van der Waals surface area contributed by atoms with E-state index < -0.39 is 6.04 Å². The van der Waals surface area contributed by atoms with Crippen LogP contribution in [0.5, 0.6) is 0 Å². The van der Waals surface area contributed by atoms with E-state index in [0.717, 1.165) is 0 Å². The van der Waals surface area contributed by atoms with Crippen molar-refractivity contribution in [2.75, 3.05) is 20.7 Å². The van der Waals surface area contributed by atoms with Crippen LogP contribution in [0.2, 0.25) is 0 Å². The van der Waals surface area contributed by atoms with E-state index in [1.165, 1.54) is 14.0 Å². The van der Waals surface area contributed by atoms with E-state index in [1.807, 2.05) is 0 Å². The molecule has 6 heteroatoms. The number of amides is 1. The van der Waals surface area contributed by atoms with Gasteiger partial charge in [0.2, 0.25) is 5.91 Å². The van der Waals surface area contributed by atoms with E-state index in [1.54, 1.807) is 18.0 Å². The first kappa shape index (κ1) is 12.7. The van der Waals surface area contributed by atoms with Crippen molar-refractivity contribution in [2.24, 2.45) is 5.73 Å². The van der Waals surface area contributed by atoms with Gasteiger partial charge >= 0.3 is 5.97 Å². The van der Waals surface area contributed by atoms with Crippen molar-refractivity contribution in [3.63, 3.8) is 0 Å². The summed E-state index contributed by atoms with van der Waals surface area (Å²) in [5.74, 6) is -0.536. The Bertz CT molecular complexity index is 327. The van der Waals surface area contributed by atoms with Gasteiger partial charge in [-0.25, -0.2) is 4.79 Å². The number of hydrogen-bond acceptors (Lipinski definition) is 5. The van der Waals surface area contributed by atoms with Crippen LogP contribution < -0.4 is 11.1 Å². The third-order valence-corrected chi connectivity index (χ3v) is 2.45. The number of rotatable bonds is 2. The van der Waals surface area contributed by atoms with Crippen LogP contribution in [0, 0.1) is 0 Å². The zero-order chi connectivity index (χ0) is 12.3. The van der Waals surface area contributed by atoms with Gasteiger partial charge in [-0.3, -0.25) is 9.69 Å². The largest absolute Gasteiger partial charge is 0.466 e. The number of esters is 1. The van der Waals surface area contributed by atoms with Crippen molar-refractivity contribution in [3.8, 4) is 0 Å². The van der Waals surface area contributed by atoms with Crippen LogP contribution in [0.25, 0.3) is 0 Å². The molecule has 0 radical (unpaired) electrons. The Labute approximate surface area is 94.4 Å². The molecule has 6 nitrogen and oxygen atoms in total. The molecule has 2 unspecified atom stereocenters. The monoisotopic (exact) mass is 227 g/mol. The first-order valence-electron chi connectivity index (χ1n) is 4.97. The number of hydrogen-bond donors (Lipinski definition) is 2. The molecular formula is C10H17N3O3. The Morgan fingerprint density at radius 1 is 1.62 bits per heavy atom. The molecule has 1 aliphatic rings. The van der Waals surface area contributed by atoms with Crippen LogP contribution in [-0.2, 0) is 14.3 Å². The summed E-state index contributed by atoms with van der Waals surface area (Å²) >= 11 is 0. The maximum atomic E-state index is 11.3. The summed E-state index contributed by atoms with van der Waals surface area (Å²) in [6.45, 7) is 1.84. The lowest BCUT2D eigenvalue weighted by atomic mass is 10.0. The molecule has 0 aromatic rings. The first-order valence-corrected chi connectivity index (χ1v) is 4.97. The summed E-state index contributed by atoms with van der Waals surface area (Å²) in [5.41, 5.74) is 6.37. The standard InChI is InChI=1S/C10H17N3O3/c1-6(14)12-9-8(11)4-7(5-13(9)2)10(15)16-3/h4,8-9H,5,11H2,1-3H3,(H,12,14). The smallest absolute Gasteiger partial charge is 0.334 e. The molecular weight excluding hydrogens is 210 g/mol. The van der Waals surface area contributed by atoms with Crippen molar-refractivity contribution < 1.29 is 14.3 Å². The molecule has 2 atom stereocenters. The number of methoxy groups -OCH3 is 1. The van der Waals surface area contributed by atoms with Crippen molar-refractivity contribution in [2.45, 2.75) is 19.1 Å². The highest BCUT2D eigenvalue weighted by Crippen LogP contribution is 2.13. The molecule has 1 rings (SSSR count). The highest BCUT2D eigenvalue weighted by molar-refractivity contribution is 5.89. The van der Waals surface area contributed by atoms with Crippen LogP contribution in [-0.4, -0.2) is 49.7 Å². The van der Waals surface area contributed by atoms with Crippen molar-refractivity contribution in [3.05, 3.63) is 11.6 Å². The van der Waals surface area contributed by atoms with Gasteiger partial charge < -0.3 is 15.8 Å². The fourth-order valence-electron chi connectivity index (χ4n) is 1.72. The number of carbonyl (C=O) groups excluding carboxylic acids is 2. The average molecular weight is 227 g/mol. The third-order valence-electron chi connectivity index (χ3n) is 2.45. The highest BCUT2D eigenvalue weighted by Gasteiger charge is 2.29. The Morgan fingerprint density at radius 3 is 2.69 bits per heavy atom. The van der Waals surface area contributed by atoms with Crippen LogP contribution in [0.3, 0.4) is 0 Å². The van der Waals surface area contributed by atoms with Gasteiger partial charge in [-0.15, -0.1) is 0 Å². The lowest BCUT2D eigenvalue weighted by Crippen LogP contribution is -2.58. The lowest BCUT2D eigenvalue weighted by molar-refractivity contribution is -0.136. The quantitative estimate of drug-likeness (QED) is 0.580. The molecule has 1 aliphatic heterocycles. The summed E-state index contributed by atoms with van der Waals surface area (Å²) in [6.07, 6.45) is 1.35. The van der Waals surface area contributed by atoms with Gasteiger partial charge in [0.05, 0.1) is 13.2 Å². The second kappa shape index (κ2) is 5.09. The molecule has 0 aromatic heterocycles. The fourth-order valence-corrected chi connectivity index (χ4v) is 1.72. The SMILES string of the molecule is COC(=O)C1=CC(N)C(NC(C)=O)N(C)C1. The van der Waals surface area contributed by atoms with Crippen LogP contribution in [0.15, 0.2) is 11.6 Å². The number of likely N-dealkylation sites (N-methyl/N-ethyl adjacent to an activating group) is 1. The summed E-state index contributed by atoms with van der Waals surface area (Å²) in [5, 5.41) is 2.72. The average Bonchev–Trinajstić information content (AvgIpc) is 2.21. The normalized spacial score (nSPS) is 25.9. The molecule has 0 aliphatic carbocycles. The highest BCUT2D eigenvalue weighted by atomic mass is 16.5. The van der Waals surface area contributed by atoms with E-state index in [2.05, 4.69) is 10.1 Å². The van der Waals surface area contributed by atoms with Gasteiger partial charge in [0.1, 0.15) is 6.17 Å². The van der Waals surface area contributed by atoms with E-state index in [4.69, 9.17) is 5.73 Å². The number of nitrogens with zero attached hydrogens (tertiary/aromatic N) is 1. The minimum Gasteiger partial charge on any atom is -0.466 e. The van der Waals surface area contributed by atoms with Crippen molar-refractivity contribution in [1.82, 2.24) is 10.2 Å². The molecule has 0 saturated heterocycles. The zero-order valence-electron chi connectivity index (χ0n) is 9.69. The Balaban J connectivity index is 2.79. The van der Waals surface area contributed by atoms with Gasteiger partial charge in [-0.05, 0) is 7.05 Å². The number of carbonyl (C=O) groups is 2. The van der Waals surface area contributed by atoms with Gasteiger partial charge in [-0.2, -0.15) is 0 Å². The molecule has 1 heterocycles.